The van der Waals surface area contributed by atoms with Crippen LogP contribution < -0.4 is 14.2 Å². The number of rotatable bonds is 7. The molecule has 0 amide bonds. The van der Waals surface area contributed by atoms with Gasteiger partial charge in [0.15, 0.2) is 5.75 Å². The van der Waals surface area contributed by atoms with E-state index in [0.717, 1.165) is 6.07 Å². The number of methoxy groups -OCH3 is 1. The van der Waals surface area contributed by atoms with Crippen molar-refractivity contribution in [3.05, 3.63) is 64.7 Å². The highest BCUT2D eigenvalue weighted by atomic mass is 16.6. The molecule has 0 aliphatic rings. The molecule has 0 bridgehead atoms. The van der Waals surface area contributed by atoms with E-state index in [1.165, 1.54) is 19.3 Å². The summed E-state index contributed by atoms with van der Waals surface area (Å²) in [4.78, 5) is 10.7. The van der Waals surface area contributed by atoms with Crippen molar-refractivity contribution in [1.29, 1.82) is 5.26 Å². The number of benzene rings is 2. The van der Waals surface area contributed by atoms with Gasteiger partial charge < -0.3 is 14.2 Å². The van der Waals surface area contributed by atoms with Crippen LogP contribution in [0.1, 0.15) is 5.56 Å². The van der Waals surface area contributed by atoms with E-state index in [-0.39, 0.29) is 29.4 Å². The van der Waals surface area contributed by atoms with Gasteiger partial charge in [-0.2, -0.15) is 5.26 Å². The molecular weight excluding hydrogens is 312 g/mol. The summed E-state index contributed by atoms with van der Waals surface area (Å²) in [6, 6.07) is 11.0. The monoisotopic (exact) mass is 326 g/mol. The fraction of sp³-hybridized carbons (Fsp3) is 0.118. The third kappa shape index (κ3) is 3.81. The number of hydrogen-bond donors (Lipinski definition) is 0. The average Bonchev–Trinajstić information content (AvgIpc) is 2.60. The van der Waals surface area contributed by atoms with E-state index in [4.69, 9.17) is 19.5 Å². The molecule has 24 heavy (non-hydrogen) atoms. The van der Waals surface area contributed by atoms with E-state index in [9.17, 15) is 10.1 Å². The van der Waals surface area contributed by atoms with E-state index in [1.807, 2.05) is 6.07 Å². The predicted molar refractivity (Wildman–Crippen MR) is 86.6 cm³/mol. The number of nitriles is 1. The van der Waals surface area contributed by atoms with Crippen molar-refractivity contribution in [3.63, 3.8) is 0 Å². The Morgan fingerprint density at radius 2 is 2.08 bits per heavy atom. The molecule has 0 unspecified atom stereocenters. The summed E-state index contributed by atoms with van der Waals surface area (Å²) in [5.41, 5.74) is -0.269. The third-order valence-corrected chi connectivity index (χ3v) is 2.98. The van der Waals surface area contributed by atoms with E-state index in [0.29, 0.717) is 11.5 Å². The van der Waals surface area contributed by atoms with Crippen LogP contribution in [-0.2, 0) is 0 Å². The lowest BCUT2D eigenvalue weighted by Gasteiger charge is -2.13. The maximum Gasteiger partial charge on any atom is 0.316 e. The first-order valence-electron chi connectivity index (χ1n) is 6.87. The molecule has 0 aliphatic carbocycles. The van der Waals surface area contributed by atoms with Gasteiger partial charge in [0.2, 0.25) is 5.75 Å². The highest BCUT2D eigenvalue weighted by molar-refractivity contribution is 5.61. The van der Waals surface area contributed by atoms with Gasteiger partial charge >= 0.3 is 5.69 Å². The summed E-state index contributed by atoms with van der Waals surface area (Å²) in [6.07, 6.45) is 1.49. The second-order valence-electron chi connectivity index (χ2n) is 4.57. The quantitative estimate of drug-likeness (QED) is 0.436. The highest BCUT2D eigenvalue weighted by Gasteiger charge is 2.23. The van der Waals surface area contributed by atoms with Crippen molar-refractivity contribution in [3.8, 4) is 29.1 Å². The molecule has 7 nitrogen and oxygen atoms in total. The lowest BCUT2D eigenvalue weighted by atomic mass is 10.2. The Hall–Kier alpha value is -3.53. The van der Waals surface area contributed by atoms with E-state index < -0.39 is 4.92 Å². The first-order chi connectivity index (χ1) is 11.6. The Labute approximate surface area is 138 Å². The third-order valence-electron chi connectivity index (χ3n) is 2.98. The maximum absolute atomic E-state index is 11.3. The summed E-state index contributed by atoms with van der Waals surface area (Å²) in [5, 5.41) is 20.4. The van der Waals surface area contributed by atoms with E-state index in [1.54, 1.807) is 24.3 Å². The van der Waals surface area contributed by atoms with E-state index >= 15 is 0 Å². The molecule has 2 rings (SSSR count). The summed E-state index contributed by atoms with van der Waals surface area (Å²) < 4.78 is 16.2. The minimum atomic E-state index is -0.628. The average molecular weight is 326 g/mol. The molecule has 0 saturated carbocycles. The smallest absolute Gasteiger partial charge is 0.316 e. The van der Waals surface area contributed by atoms with Crippen molar-refractivity contribution >= 4 is 5.69 Å². The maximum atomic E-state index is 11.3. The molecule has 0 aliphatic heterocycles. The lowest BCUT2D eigenvalue weighted by molar-refractivity contribution is -0.385. The number of nitrogens with zero attached hydrogens (tertiary/aromatic N) is 2. The van der Waals surface area contributed by atoms with Gasteiger partial charge in [0.25, 0.3) is 0 Å². The van der Waals surface area contributed by atoms with Gasteiger partial charge in [-0.3, -0.25) is 10.1 Å². The molecule has 0 saturated heterocycles. The van der Waals surface area contributed by atoms with Gasteiger partial charge in [-0.25, -0.2) is 0 Å². The standard InChI is InChI=1S/C17H14N2O5/c1-3-7-23-16-9-12(11-18)8-15(19(20)21)17(16)24-14-6-4-5-13(10-14)22-2/h3-6,8-10H,1,7H2,2H3. The van der Waals surface area contributed by atoms with Crippen LogP contribution in [0.5, 0.6) is 23.0 Å². The molecular formula is C17H14N2O5. The molecule has 0 heterocycles. The zero-order valence-electron chi connectivity index (χ0n) is 12.9. The van der Waals surface area contributed by atoms with Crippen molar-refractivity contribution in [2.24, 2.45) is 0 Å². The van der Waals surface area contributed by atoms with Crippen LogP contribution in [0.25, 0.3) is 0 Å². The fourth-order valence-electron chi connectivity index (χ4n) is 1.93. The molecule has 2 aromatic rings. The highest BCUT2D eigenvalue weighted by Crippen LogP contribution is 2.41. The minimum absolute atomic E-state index is 0.0865. The van der Waals surface area contributed by atoms with Crippen LogP contribution >= 0.6 is 0 Å². The van der Waals surface area contributed by atoms with Crippen molar-refractivity contribution < 1.29 is 19.1 Å². The molecule has 0 aromatic heterocycles. The van der Waals surface area contributed by atoms with Crippen LogP contribution in [0.3, 0.4) is 0 Å². The summed E-state index contributed by atoms with van der Waals surface area (Å²) >= 11 is 0. The van der Waals surface area contributed by atoms with Gasteiger partial charge in [-0.05, 0) is 12.1 Å². The Balaban J connectivity index is 2.53. The Morgan fingerprint density at radius 1 is 1.33 bits per heavy atom. The first-order valence-corrected chi connectivity index (χ1v) is 6.87. The second kappa shape index (κ2) is 7.65. The zero-order chi connectivity index (χ0) is 17.5. The molecule has 0 radical (unpaired) electrons. The van der Waals surface area contributed by atoms with Crippen molar-refractivity contribution in [2.75, 3.05) is 13.7 Å². The molecule has 122 valence electrons. The van der Waals surface area contributed by atoms with Gasteiger partial charge in [0.1, 0.15) is 18.1 Å². The lowest BCUT2D eigenvalue weighted by Crippen LogP contribution is -2.01. The SMILES string of the molecule is C=CCOc1cc(C#N)cc([N+](=O)[O-])c1Oc1cccc(OC)c1. The van der Waals surface area contributed by atoms with Gasteiger partial charge in [-0.15, -0.1) is 0 Å². The van der Waals surface area contributed by atoms with Gasteiger partial charge in [-0.1, -0.05) is 18.7 Å². The molecule has 0 atom stereocenters. The largest absolute Gasteiger partial charge is 0.497 e. The molecule has 0 N–H and O–H groups in total. The molecule has 2 aromatic carbocycles. The normalized spacial score (nSPS) is 9.67. The van der Waals surface area contributed by atoms with Gasteiger partial charge in [0, 0.05) is 18.2 Å². The first kappa shape index (κ1) is 16.8. The summed E-state index contributed by atoms with van der Waals surface area (Å²) in [7, 11) is 1.50. The van der Waals surface area contributed by atoms with Crippen LogP contribution in [0, 0.1) is 21.4 Å². The number of nitro groups is 1. The van der Waals surface area contributed by atoms with Crippen LogP contribution in [0.2, 0.25) is 0 Å². The number of ether oxygens (including phenoxy) is 3. The Bertz CT molecular complexity index is 811. The van der Waals surface area contributed by atoms with Crippen molar-refractivity contribution in [1.82, 2.24) is 0 Å². The second-order valence-corrected chi connectivity index (χ2v) is 4.57. The van der Waals surface area contributed by atoms with Crippen LogP contribution in [0.4, 0.5) is 5.69 Å². The molecule has 7 heteroatoms. The summed E-state index contributed by atoms with van der Waals surface area (Å²) in [5.74, 6) is 0.876. The van der Waals surface area contributed by atoms with Crippen molar-refractivity contribution in [2.45, 2.75) is 0 Å². The molecule has 0 fully saturated rings. The Morgan fingerprint density at radius 3 is 2.71 bits per heavy atom. The fourth-order valence-corrected chi connectivity index (χ4v) is 1.93. The van der Waals surface area contributed by atoms with E-state index in [2.05, 4.69) is 6.58 Å². The molecule has 0 spiro atoms. The topological polar surface area (TPSA) is 94.6 Å². The van der Waals surface area contributed by atoms with Gasteiger partial charge in [0.05, 0.1) is 23.7 Å². The van der Waals surface area contributed by atoms with Crippen LogP contribution in [0.15, 0.2) is 49.1 Å². The number of hydrogen-bond acceptors (Lipinski definition) is 6. The Kier molecular flexibility index (Phi) is 5.36. The summed E-state index contributed by atoms with van der Waals surface area (Å²) in [6.45, 7) is 3.64. The predicted octanol–water partition coefficient (Wildman–Crippen LogP) is 3.83. The van der Waals surface area contributed by atoms with Crippen LogP contribution in [-0.4, -0.2) is 18.6 Å². The zero-order valence-corrected chi connectivity index (χ0v) is 12.9. The number of nitro benzene ring substituents is 1. The minimum Gasteiger partial charge on any atom is -0.497 e.